The van der Waals surface area contributed by atoms with Crippen LogP contribution in [0.15, 0.2) is 55.3 Å². The molecular formula is C17H21N3O3. The minimum Gasteiger partial charge on any atom is -0.515 e. The third-order valence-electron chi connectivity index (χ3n) is 3.71. The second kappa shape index (κ2) is 8.75. The van der Waals surface area contributed by atoms with E-state index >= 15 is 0 Å². The molecule has 0 aliphatic heterocycles. The van der Waals surface area contributed by atoms with Crippen molar-refractivity contribution in [3.8, 4) is 0 Å². The smallest absolute Gasteiger partial charge is 0.210 e. The fourth-order valence-electron chi connectivity index (χ4n) is 2.50. The number of aromatic nitrogens is 2. The molecule has 0 fully saturated rings. The Kier molecular flexibility index (Phi) is 6.38. The zero-order valence-corrected chi connectivity index (χ0v) is 12.8. The fraction of sp³-hybridized carbons (Fsp3) is 0.294. The minimum absolute atomic E-state index is 0.259. The molecule has 1 amide bonds. The van der Waals surface area contributed by atoms with Crippen molar-refractivity contribution in [2.75, 3.05) is 13.2 Å². The molecule has 1 heterocycles. The van der Waals surface area contributed by atoms with Crippen molar-refractivity contribution in [2.24, 2.45) is 0 Å². The summed E-state index contributed by atoms with van der Waals surface area (Å²) in [5.74, 6) is 0. The van der Waals surface area contributed by atoms with Crippen LogP contribution in [-0.2, 0) is 11.3 Å². The van der Waals surface area contributed by atoms with Crippen LogP contribution in [0.1, 0.15) is 12.0 Å². The highest BCUT2D eigenvalue weighted by Crippen LogP contribution is 2.21. The van der Waals surface area contributed by atoms with Crippen LogP contribution in [0.25, 0.3) is 5.57 Å². The Labute approximate surface area is 135 Å². The first-order valence-corrected chi connectivity index (χ1v) is 7.47. The first kappa shape index (κ1) is 16.8. The molecule has 2 rings (SSSR count). The molecule has 0 bridgehead atoms. The molecule has 0 radical (unpaired) electrons. The summed E-state index contributed by atoms with van der Waals surface area (Å²) in [7, 11) is 0. The highest BCUT2D eigenvalue weighted by molar-refractivity contribution is 5.71. The van der Waals surface area contributed by atoms with Gasteiger partial charge in [-0.1, -0.05) is 30.3 Å². The molecule has 2 N–H and O–H groups in total. The quantitative estimate of drug-likeness (QED) is 0.545. The average molecular weight is 315 g/mol. The molecule has 0 aliphatic carbocycles. The zero-order valence-electron chi connectivity index (χ0n) is 12.8. The summed E-state index contributed by atoms with van der Waals surface area (Å²) in [5.41, 5.74) is 1.29. The number of carbonyl (C=O) groups excluding carboxylic acids is 1. The van der Waals surface area contributed by atoms with E-state index in [0.29, 0.717) is 18.5 Å². The summed E-state index contributed by atoms with van der Waals surface area (Å²) in [6.07, 6.45) is 7.68. The zero-order chi connectivity index (χ0) is 16.5. The third-order valence-corrected chi connectivity index (χ3v) is 3.71. The summed E-state index contributed by atoms with van der Waals surface area (Å²) in [6, 6.07) is 8.64. The summed E-state index contributed by atoms with van der Waals surface area (Å²) in [4.78, 5) is 16.9. The third kappa shape index (κ3) is 4.43. The Morgan fingerprint density at radius 3 is 2.70 bits per heavy atom. The lowest BCUT2D eigenvalue weighted by Gasteiger charge is -2.28. The van der Waals surface area contributed by atoms with Gasteiger partial charge in [0.2, 0.25) is 6.41 Å². The molecule has 0 aliphatic rings. The maximum atomic E-state index is 11.4. The minimum atomic E-state index is -0.581. The van der Waals surface area contributed by atoms with Gasteiger partial charge >= 0.3 is 0 Å². The highest BCUT2D eigenvalue weighted by atomic mass is 16.3. The van der Waals surface area contributed by atoms with Gasteiger partial charge in [0.05, 0.1) is 25.2 Å². The number of aryl methyl sites for hydroxylation is 1. The van der Waals surface area contributed by atoms with E-state index in [9.17, 15) is 15.0 Å². The van der Waals surface area contributed by atoms with Gasteiger partial charge in [0.25, 0.3) is 0 Å². The Hall–Kier alpha value is -2.60. The highest BCUT2D eigenvalue weighted by Gasteiger charge is 2.22. The molecule has 6 heteroatoms. The van der Waals surface area contributed by atoms with Crippen molar-refractivity contribution in [2.45, 2.75) is 19.0 Å². The van der Waals surface area contributed by atoms with Crippen molar-refractivity contribution >= 4 is 12.0 Å². The van der Waals surface area contributed by atoms with Crippen LogP contribution in [0.5, 0.6) is 0 Å². The summed E-state index contributed by atoms with van der Waals surface area (Å²) in [6.45, 7) is 0.939. The molecule has 0 saturated carbocycles. The number of nitrogens with zero attached hydrogens (tertiary/aromatic N) is 3. The van der Waals surface area contributed by atoms with Gasteiger partial charge in [-0.15, -0.1) is 0 Å². The molecule has 6 nitrogen and oxygen atoms in total. The fourth-order valence-corrected chi connectivity index (χ4v) is 2.50. The predicted molar refractivity (Wildman–Crippen MR) is 87.5 cm³/mol. The maximum absolute atomic E-state index is 11.4. The molecule has 23 heavy (non-hydrogen) atoms. The molecule has 0 spiro atoms. The van der Waals surface area contributed by atoms with E-state index in [-0.39, 0.29) is 6.61 Å². The van der Waals surface area contributed by atoms with Crippen LogP contribution < -0.4 is 0 Å². The molecule has 2 aromatic rings. The summed E-state index contributed by atoms with van der Waals surface area (Å²) in [5, 5.41) is 19.3. The number of imidazole rings is 1. The van der Waals surface area contributed by atoms with Crippen LogP contribution in [0.2, 0.25) is 0 Å². The summed E-state index contributed by atoms with van der Waals surface area (Å²) >= 11 is 0. The number of rotatable bonds is 9. The van der Waals surface area contributed by atoms with E-state index in [1.807, 2.05) is 41.1 Å². The lowest BCUT2D eigenvalue weighted by atomic mass is 9.99. The van der Waals surface area contributed by atoms with Gasteiger partial charge in [0.15, 0.2) is 0 Å². The number of hydrogen-bond donors (Lipinski definition) is 2. The van der Waals surface area contributed by atoms with E-state index in [0.717, 1.165) is 24.8 Å². The number of amides is 1. The molecule has 1 aromatic carbocycles. The van der Waals surface area contributed by atoms with E-state index in [1.54, 1.807) is 12.5 Å². The van der Waals surface area contributed by atoms with E-state index in [4.69, 9.17) is 0 Å². The Morgan fingerprint density at radius 1 is 1.35 bits per heavy atom. The van der Waals surface area contributed by atoms with Gasteiger partial charge in [-0.3, -0.25) is 4.79 Å². The Balaban J connectivity index is 2.05. The molecule has 1 aromatic heterocycles. The van der Waals surface area contributed by atoms with E-state index in [1.165, 1.54) is 4.90 Å². The normalized spacial score (nSPS) is 12.8. The molecular weight excluding hydrogens is 294 g/mol. The van der Waals surface area contributed by atoms with Gasteiger partial charge in [0, 0.05) is 31.1 Å². The van der Waals surface area contributed by atoms with Crippen molar-refractivity contribution < 1.29 is 15.0 Å². The number of aliphatic hydroxyl groups is 2. The first-order chi connectivity index (χ1) is 11.3. The lowest BCUT2D eigenvalue weighted by Crippen LogP contribution is -2.39. The van der Waals surface area contributed by atoms with Gasteiger partial charge in [-0.2, -0.15) is 0 Å². The van der Waals surface area contributed by atoms with Gasteiger partial charge in [0.1, 0.15) is 0 Å². The van der Waals surface area contributed by atoms with Crippen LogP contribution in [0, 0.1) is 0 Å². The molecule has 1 atom stereocenters. The maximum Gasteiger partial charge on any atom is 0.210 e. The predicted octanol–water partition coefficient (Wildman–Crippen LogP) is 1.69. The van der Waals surface area contributed by atoms with Gasteiger partial charge in [-0.25, -0.2) is 4.98 Å². The van der Waals surface area contributed by atoms with Crippen LogP contribution in [0.3, 0.4) is 0 Å². The van der Waals surface area contributed by atoms with Crippen molar-refractivity contribution in [1.82, 2.24) is 14.5 Å². The molecule has 1 unspecified atom stereocenters. The SMILES string of the molecule is O=CN(CCCn1ccnc1)C(CO)/C(=C/O)c1ccccc1. The Morgan fingerprint density at radius 2 is 2.13 bits per heavy atom. The number of hydrogen-bond acceptors (Lipinski definition) is 4. The van der Waals surface area contributed by atoms with Gasteiger partial charge < -0.3 is 19.7 Å². The van der Waals surface area contributed by atoms with Crippen LogP contribution in [-0.4, -0.2) is 50.3 Å². The molecule has 0 saturated heterocycles. The first-order valence-electron chi connectivity index (χ1n) is 7.47. The number of aliphatic hydroxyl groups excluding tert-OH is 2. The second-order valence-electron chi connectivity index (χ2n) is 5.15. The van der Waals surface area contributed by atoms with Crippen molar-refractivity contribution in [3.63, 3.8) is 0 Å². The number of benzene rings is 1. The lowest BCUT2D eigenvalue weighted by molar-refractivity contribution is -0.120. The van der Waals surface area contributed by atoms with Gasteiger partial charge in [-0.05, 0) is 12.0 Å². The average Bonchev–Trinajstić information content (AvgIpc) is 3.11. The Bertz CT molecular complexity index is 611. The van der Waals surface area contributed by atoms with Crippen LogP contribution >= 0.6 is 0 Å². The molecule has 122 valence electrons. The van der Waals surface area contributed by atoms with Crippen molar-refractivity contribution in [1.29, 1.82) is 0 Å². The summed E-state index contributed by atoms with van der Waals surface area (Å²) < 4.78 is 1.93. The second-order valence-corrected chi connectivity index (χ2v) is 5.15. The monoisotopic (exact) mass is 315 g/mol. The number of carbonyl (C=O) groups is 1. The van der Waals surface area contributed by atoms with E-state index < -0.39 is 6.04 Å². The van der Waals surface area contributed by atoms with E-state index in [2.05, 4.69) is 4.98 Å². The van der Waals surface area contributed by atoms with Crippen molar-refractivity contribution in [3.05, 3.63) is 60.9 Å². The standard InChI is InChI=1S/C17H21N3O3/c21-11-16(15-5-2-1-3-6-15)17(12-22)20(14-23)9-4-8-19-10-7-18-13-19/h1-3,5-7,10-11,13-14,17,21-22H,4,8-9,12H2/b16-11+. The van der Waals surface area contributed by atoms with Crippen LogP contribution in [0.4, 0.5) is 0 Å². The topological polar surface area (TPSA) is 78.6 Å². The largest absolute Gasteiger partial charge is 0.515 e.